The van der Waals surface area contributed by atoms with Crippen molar-refractivity contribution in [1.29, 1.82) is 0 Å². The van der Waals surface area contributed by atoms with Crippen molar-refractivity contribution in [1.82, 2.24) is 9.97 Å². The third-order valence-corrected chi connectivity index (χ3v) is 3.72. The van der Waals surface area contributed by atoms with E-state index in [2.05, 4.69) is 46.4 Å². The number of hydrogen-bond acceptors (Lipinski definition) is 2. The third kappa shape index (κ3) is 2.35. The fourth-order valence-corrected chi connectivity index (χ4v) is 2.57. The number of rotatable bonds is 2. The van der Waals surface area contributed by atoms with E-state index in [0.717, 1.165) is 27.9 Å². The molecule has 0 saturated heterocycles. The summed E-state index contributed by atoms with van der Waals surface area (Å²) >= 11 is 0. The highest BCUT2D eigenvalue weighted by molar-refractivity contribution is 5.82. The molecule has 2 aromatic heterocycles. The molecule has 2 aromatic carbocycles. The highest BCUT2D eigenvalue weighted by Crippen LogP contribution is 2.24. The Morgan fingerprint density at radius 2 is 1.27 bits per heavy atom. The number of nitrogens with zero attached hydrogens (tertiary/aromatic N) is 2. The highest BCUT2D eigenvalue weighted by atomic mass is 14.8. The van der Waals surface area contributed by atoms with Crippen LogP contribution in [0.2, 0.25) is 0 Å². The molecule has 0 saturated carbocycles. The van der Waals surface area contributed by atoms with Crippen LogP contribution in [0, 0.1) is 0 Å². The quantitative estimate of drug-likeness (QED) is 0.519. The van der Waals surface area contributed by atoms with E-state index < -0.39 is 0 Å². The van der Waals surface area contributed by atoms with Gasteiger partial charge in [0.2, 0.25) is 0 Å². The van der Waals surface area contributed by atoms with Crippen LogP contribution in [0.5, 0.6) is 0 Å². The molecule has 4 rings (SSSR count). The SMILES string of the molecule is c1ccc(-c2cnc3nc(-c4ccccc4)ccc3c2)cc1. The monoisotopic (exact) mass is 282 g/mol. The summed E-state index contributed by atoms with van der Waals surface area (Å²) in [4.78, 5) is 9.20. The molecular formula is C20H14N2. The first kappa shape index (κ1) is 12.7. The topological polar surface area (TPSA) is 25.8 Å². The number of pyridine rings is 2. The second-order valence-corrected chi connectivity index (χ2v) is 5.20. The first-order valence-corrected chi connectivity index (χ1v) is 7.28. The minimum Gasteiger partial charge on any atom is -0.236 e. The van der Waals surface area contributed by atoms with E-state index in [-0.39, 0.29) is 0 Å². The molecule has 0 aliphatic heterocycles. The predicted octanol–water partition coefficient (Wildman–Crippen LogP) is 4.96. The summed E-state index contributed by atoms with van der Waals surface area (Å²) in [5, 5.41) is 1.06. The van der Waals surface area contributed by atoms with Crippen molar-refractivity contribution in [2.24, 2.45) is 0 Å². The summed E-state index contributed by atoms with van der Waals surface area (Å²) in [6.07, 6.45) is 1.89. The molecule has 0 bridgehead atoms. The van der Waals surface area contributed by atoms with E-state index >= 15 is 0 Å². The Kier molecular flexibility index (Phi) is 3.13. The Morgan fingerprint density at radius 1 is 0.591 bits per heavy atom. The van der Waals surface area contributed by atoms with Crippen LogP contribution in [-0.4, -0.2) is 9.97 Å². The molecule has 0 N–H and O–H groups in total. The number of benzene rings is 2. The molecule has 4 aromatic rings. The predicted molar refractivity (Wildman–Crippen MR) is 90.4 cm³/mol. The zero-order valence-corrected chi connectivity index (χ0v) is 12.0. The van der Waals surface area contributed by atoms with Gasteiger partial charge in [-0.25, -0.2) is 9.97 Å². The molecule has 2 heterocycles. The van der Waals surface area contributed by atoms with E-state index in [1.807, 2.05) is 48.7 Å². The van der Waals surface area contributed by atoms with Crippen LogP contribution in [0.4, 0.5) is 0 Å². The Labute approximate surface area is 129 Å². The van der Waals surface area contributed by atoms with Crippen molar-refractivity contribution in [2.75, 3.05) is 0 Å². The minimum atomic E-state index is 0.779. The minimum absolute atomic E-state index is 0.779. The Morgan fingerprint density at radius 3 is 2.00 bits per heavy atom. The third-order valence-electron chi connectivity index (χ3n) is 3.72. The van der Waals surface area contributed by atoms with Gasteiger partial charge in [0.25, 0.3) is 0 Å². The second kappa shape index (κ2) is 5.41. The highest BCUT2D eigenvalue weighted by Gasteiger charge is 2.04. The maximum Gasteiger partial charge on any atom is 0.159 e. The standard InChI is InChI=1S/C20H14N2/c1-3-7-15(8-4-1)18-13-17-11-12-19(22-20(17)21-14-18)16-9-5-2-6-10-16/h1-14H. The van der Waals surface area contributed by atoms with Gasteiger partial charge in [0.1, 0.15) is 0 Å². The zero-order valence-electron chi connectivity index (χ0n) is 12.0. The van der Waals surface area contributed by atoms with Gasteiger partial charge in [-0.15, -0.1) is 0 Å². The molecule has 0 spiro atoms. The van der Waals surface area contributed by atoms with Gasteiger partial charge in [0.05, 0.1) is 5.69 Å². The molecular weight excluding hydrogens is 268 g/mol. The number of aromatic nitrogens is 2. The first-order valence-electron chi connectivity index (χ1n) is 7.28. The van der Waals surface area contributed by atoms with Gasteiger partial charge in [-0.2, -0.15) is 0 Å². The zero-order chi connectivity index (χ0) is 14.8. The summed E-state index contributed by atoms with van der Waals surface area (Å²) in [6.45, 7) is 0. The van der Waals surface area contributed by atoms with Crippen LogP contribution in [0.1, 0.15) is 0 Å². The lowest BCUT2D eigenvalue weighted by Crippen LogP contribution is -1.89. The molecule has 2 heteroatoms. The fraction of sp³-hybridized carbons (Fsp3) is 0. The van der Waals surface area contributed by atoms with Gasteiger partial charge in [-0.1, -0.05) is 60.7 Å². The second-order valence-electron chi connectivity index (χ2n) is 5.20. The summed E-state index contributed by atoms with van der Waals surface area (Å²) in [5.41, 5.74) is 5.12. The van der Waals surface area contributed by atoms with Gasteiger partial charge in [0, 0.05) is 22.7 Å². The Hall–Kier alpha value is -3.00. The van der Waals surface area contributed by atoms with Crippen molar-refractivity contribution in [3.05, 3.63) is 85.1 Å². The largest absolute Gasteiger partial charge is 0.236 e. The lowest BCUT2D eigenvalue weighted by atomic mass is 10.1. The van der Waals surface area contributed by atoms with Crippen molar-refractivity contribution in [2.45, 2.75) is 0 Å². The molecule has 0 radical (unpaired) electrons. The molecule has 0 unspecified atom stereocenters. The maximum absolute atomic E-state index is 4.67. The number of hydrogen-bond donors (Lipinski definition) is 0. The summed E-state index contributed by atoms with van der Waals surface area (Å²) < 4.78 is 0. The first-order chi connectivity index (χ1) is 10.9. The van der Waals surface area contributed by atoms with Crippen molar-refractivity contribution in [3.63, 3.8) is 0 Å². The van der Waals surface area contributed by atoms with Gasteiger partial charge in [0.15, 0.2) is 5.65 Å². The van der Waals surface area contributed by atoms with Crippen LogP contribution in [0.25, 0.3) is 33.4 Å². The summed E-state index contributed by atoms with van der Waals surface area (Å²) in [6, 6.07) is 26.7. The lowest BCUT2D eigenvalue weighted by Gasteiger charge is -2.05. The Bertz CT molecular complexity index is 837. The van der Waals surface area contributed by atoms with E-state index in [9.17, 15) is 0 Å². The normalized spacial score (nSPS) is 10.7. The molecule has 0 atom stereocenters. The summed E-state index contributed by atoms with van der Waals surface area (Å²) in [5.74, 6) is 0. The van der Waals surface area contributed by atoms with E-state index in [0.29, 0.717) is 0 Å². The van der Waals surface area contributed by atoms with E-state index in [1.165, 1.54) is 5.56 Å². The average molecular weight is 282 g/mol. The molecule has 0 fully saturated rings. The molecule has 22 heavy (non-hydrogen) atoms. The van der Waals surface area contributed by atoms with Crippen LogP contribution in [0.3, 0.4) is 0 Å². The van der Waals surface area contributed by atoms with Crippen LogP contribution >= 0.6 is 0 Å². The van der Waals surface area contributed by atoms with E-state index in [1.54, 1.807) is 0 Å². The van der Waals surface area contributed by atoms with Crippen LogP contribution in [0.15, 0.2) is 85.1 Å². The maximum atomic E-state index is 4.67. The average Bonchev–Trinajstić information content (AvgIpc) is 2.62. The molecule has 104 valence electrons. The summed E-state index contributed by atoms with van der Waals surface area (Å²) in [7, 11) is 0. The van der Waals surface area contributed by atoms with Crippen molar-refractivity contribution in [3.8, 4) is 22.4 Å². The Balaban J connectivity index is 1.80. The smallest absolute Gasteiger partial charge is 0.159 e. The van der Waals surface area contributed by atoms with E-state index in [4.69, 9.17) is 0 Å². The molecule has 0 aliphatic carbocycles. The number of fused-ring (bicyclic) bond motifs is 1. The molecule has 0 aliphatic rings. The lowest BCUT2D eigenvalue weighted by molar-refractivity contribution is 1.29. The van der Waals surface area contributed by atoms with Gasteiger partial charge < -0.3 is 0 Å². The van der Waals surface area contributed by atoms with Crippen molar-refractivity contribution >= 4 is 11.0 Å². The van der Waals surface area contributed by atoms with Gasteiger partial charge >= 0.3 is 0 Å². The fourth-order valence-electron chi connectivity index (χ4n) is 2.57. The van der Waals surface area contributed by atoms with Crippen LogP contribution < -0.4 is 0 Å². The van der Waals surface area contributed by atoms with Gasteiger partial charge in [-0.3, -0.25) is 0 Å². The van der Waals surface area contributed by atoms with Gasteiger partial charge in [-0.05, 0) is 23.8 Å². The van der Waals surface area contributed by atoms with Crippen molar-refractivity contribution < 1.29 is 0 Å². The van der Waals surface area contributed by atoms with Crippen LogP contribution in [-0.2, 0) is 0 Å². The molecule has 0 amide bonds. The molecule has 2 nitrogen and oxygen atoms in total.